The molecule has 9 nitrogen and oxygen atoms in total. The van der Waals surface area contributed by atoms with Gasteiger partial charge in [0.25, 0.3) is 0 Å². The SMILES string of the molecule is C=C[C@]1(C)CC[C@@]2(COC(=[OH+])COc3cc(CN)c4c(c3)B(O)OC4)[C@@H]3C4(C[C@H]2C)C[C@]3(C[C@H](O)C4=O)[C@@H](C)[C@@H]1O. The van der Waals surface area contributed by atoms with Crippen LogP contribution in [0, 0.1) is 39.4 Å². The lowest BCUT2D eigenvalue weighted by atomic mass is 9.31. The van der Waals surface area contributed by atoms with Crippen LogP contribution in [0.3, 0.4) is 0 Å². The number of fused-ring (bicyclic) bond motifs is 1. The van der Waals surface area contributed by atoms with Crippen LogP contribution in [-0.4, -0.2) is 64.3 Å². The average molecular weight is 568 g/mol. The zero-order valence-corrected chi connectivity index (χ0v) is 24.3. The Morgan fingerprint density at radius 1 is 1.29 bits per heavy atom. The van der Waals surface area contributed by atoms with E-state index in [2.05, 4.69) is 20.4 Å². The van der Waals surface area contributed by atoms with E-state index in [1.165, 1.54) is 0 Å². The highest BCUT2D eigenvalue weighted by molar-refractivity contribution is 6.61. The van der Waals surface area contributed by atoms with Crippen molar-refractivity contribution >= 4 is 24.3 Å². The summed E-state index contributed by atoms with van der Waals surface area (Å²) < 4.78 is 17.3. The first-order chi connectivity index (χ1) is 19.4. The normalized spacial score (nSPS) is 42.5. The Bertz CT molecular complexity index is 1290. The Kier molecular flexibility index (Phi) is 6.79. The molecule has 1 aromatic rings. The maximum Gasteiger partial charge on any atom is 0.522 e. The summed E-state index contributed by atoms with van der Waals surface area (Å²) in [5, 5.41) is 32.6. The van der Waals surface area contributed by atoms with Crippen molar-refractivity contribution in [3.05, 3.63) is 35.9 Å². The predicted octanol–water partition coefficient (Wildman–Crippen LogP) is 1.60. The lowest BCUT2D eigenvalue weighted by molar-refractivity contribution is -0.258. The van der Waals surface area contributed by atoms with Gasteiger partial charge < -0.3 is 39.9 Å². The molecule has 1 aliphatic heterocycles. The molecule has 4 saturated carbocycles. The van der Waals surface area contributed by atoms with Crippen molar-refractivity contribution in [1.29, 1.82) is 0 Å². The molecule has 0 aromatic heterocycles. The number of carbonyl (C=O) groups is 1. The standard InChI is InChI=1S/C31H42BNO8/c1-5-28(4)6-7-29(16-40-24(35)14-39-20-8-19(12-33)21-13-41-32(38)22(21)9-20)17(2)10-31-15-30(27(29)31,18(3)25(28)36)11-23(34)26(31)37/h5,8-9,17-18,23,25,27,34,36,38H,1,6-7,10-16,33H2,2-4H3/p+1/t17-,18+,23+,25+,27+,28-,29+,30-,31?/m1/s1. The van der Waals surface area contributed by atoms with E-state index in [0.29, 0.717) is 43.3 Å². The molecule has 0 radical (unpaired) electrons. The van der Waals surface area contributed by atoms with Gasteiger partial charge in [0.2, 0.25) is 6.61 Å². The molecule has 4 aliphatic carbocycles. The number of carbonyl (C=O) groups excluding carboxylic acids is 2. The van der Waals surface area contributed by atoms with Gasteiger partial charge in [-0.05, 0) is 84.0 Å². The van der Waals surface area contributed by atoms with Crippen molar-refractivity contribution in [2.75, 3.05) is 13.2 Å². The molecular weight excluding hydrogens is 525 g/mol. The van der Waals surface area contributed by atoms with E-state index >= 15 is 0 Å². The average Bonchev–Trinajstić information content (AvgIpc) is 3.42. The minimum Gasteiger partial charge on any atom is -0.476 e. The predicted molar refractivity (Wildman–Crippen MR) is 153 cm³/mol. The second kappa shape index (κ2) is 9.64. The Morgan fingerprint density at radius 2 is 2.05 bits per heavy atom. The fraction of sp³-hybridized carbons (Fsp3) is 0.677. The number of ketones is 1. The number of Topliss-reactive ketones (excluding diaryl/α,β-unsaturated/α-hetero) is 1. The van der Waals surface area contributed by atoms with Crippen LogP contribution in [0.25, 0.3) is 0 Å². The zero-order valence-electron chi connectivity index (χ0n) is 24.3. The van der Waals surface area contributed by atoms with Gasteiger partial charge in [-0.1, -0.05) is 26.8 Å². The second-order valence-electron chi connectivity index (χ2n) is 13.9. The number of hydrogen-bond donors (Lipinski definition) is 4. The zero-order chi connectivity index (χ0) is 29.5. The third-order valence-electron chi connectivity index (χ3n) is 12.1. The molecule has 222 valence electrons. The van der Waals surface area contributed by atoms with Crippen LogP contribution in [0.4, 0.5) is 0 Å². The third kappa shape index (κ3) is 3.87. The summed E-state index contributed by atoms with van der Waals surface area (Å²) in [4.78, 5) is 24.4. The first-order valence-electron chi connectivity index (χ1n) is 14.9. The lowest BCUT2D eigenvalue weighted by Crippen LogP contribution is -2.73. The molecule has 5 aliphatic rings. The van der Waals surface area contributed by atoms with Crippen molar-refractivity contribution in [3.63, 3.8) is 0 Å². The summed E-state index contributed by atoms with van der Waals surface area (Å²) in [6.07, 6.45) is 3.25. The quantitative estimate of drug-likeness (QED) is 0.168. The van der Waals surface area contributed by atoms with E-state index in [-0.39, 0.29) is 55.9 Å². The van der Waals surface area contributed by atoms with Gasteiger partial charge in [-0.25, -0.2) is 0 Å². The highest BCUT2D eigenvalue weighted by Gasteiger charge is 2.82. The number of ether oxygens (including phenoxy) is 2. The van der Waals surface area contributed by atoms with Crippen molar-refractivity contribution in [2.24, 2.45) is 45.1 Å². The van der Waals surface area contributed by atoms with Gasteiger partial charge in [0.05, 0.1) is 12.7 Å². The molecule has 1 aromatic carbocycles. The fourth-order valence-corrected chi connectivity index (χ4v) is 9.96. The largest absolute Gasteiger partial charge is 0.522 e. The van der Waals surface area contributed by atoms with Crippen LogP contribution in [0.5, 0.6) is 5.75 Å². The first-order valence-corrected chi connectivity index (χ1v) is 14.9. The highest BCUT2D eigenvalue weighted by atomic mass is 16.6. The summed E-state index contributed by atoms with van der Waals surface area (Å²) >= 11 is 0. The molecule has 10 heteroatoms. The fourth-order valence-electron chi connectivity index (χ4n) is 9.96. The molecule has 4 fully saturated rings. The van der Waals surface area contributed by atoms with Crippen molar-refractivity contribution in [1.82, 2.24) is 0 Å². The summed E-state index contributed by atoms with van der Waals surface area (Å²) in [5.41, 5.74) is 6.19. The van der Waals surface area contributed by atoms with E-state index in [9.17, 15) is 24.8 Å². The number of nitrogens with two attached hydrogens (primary N) is 1. The molecule has 1 unspecified atom stereocenters. The van der Waals surface area contributed by atoms with Crippen molar-refractivity contribution in [2.45, 2.75) is 78.2 Å². The van der Waals surface area contributed by atoms with E-state index in [1.807, 2.05) is 13.0 Å². The van der Waals surface area contributed by atoms with Crippen molar-refractivity contribution in [3.8, 4) is 5.75 Å². The van der Waals surface area contributed by atoms with Gasteiger partial charge in [-0.15, -0.1) is 6.58 Å². The van der Waals surface area contributed by atoms with Gasteiger partial charge in [0.1, 0.15) is 11.9 Å². The number of rotatable bonds is 7. The first kappa shape index (κ1) is 28.9. The smallest absolute Gasteiger partial charge is 0.476 e. The number of hydrogen-bond acceptors (Lipinski definition) is 8. The van der Waals surface area contributed by atoms with Gasteiger partial charge in [0, 0.05) is 22.8 Å². The Labute approximate surface area is 241 Å². The van der Waals surface area contributed by atoms with Crippen molar-refractivity contribution < 1.29 is 39.0 Å². The molecular formula is C31H43BNO8+. The van der Waals surface area contributed by atoms with E-state index in [4.69, 9.17) is 19.9 Å². The maximum atomic E-state index is 13.5. The van der Waals surface area contributed by atoms with Crippen LogP contribution < -0.4 is 15.9 Å². The molecule has 1 heterocycles. The molecule has 2 spiro atoms. The summed E-state index contributed by atoms with van der Waals surface area (Å²) in [6.45, 7) is 10.9. The Morgan fingerprint density at radius 3 is 2.76 bits per heavy atom. The summed E-state index contributed by atoms with van der Waals surface area (Å²) in [7, 11) is -1.04. The number of aliphatic hydroxyl groups is 2. The summed E-state index contributed by atoms with van der Waals surface area (Å²) in [6, 6.07) is 3.47. The van der Waals surface area contributed by atoms with Gasteiger partial charge >= 0.3 is 13.1 Å². The molecule has 9 atom stereocenters. The topological polar surface area (TPSA) is 153 Å². The highest BCUT2D eigenvalue weighted by Crippen LogP contribution is 2.82. The molecule has 0 amide bonds. The number of aliphatic hydroxyl groups excluding tert-OH is 2. The van der Waals surface area contributed by atoms with Crippen LogP contribution in [0.2, 0.25) is 0 Å². The molecule has 6 rings (SSSR count). The van der Waals surface area contributed by atoms with Crippen LogP contribution in [0.1, 0.15) is 64.0 Å². The number of esters is 1. The third-order valence-corrected chi connectivity index (χ3v) is 12.1. The second-order valence-corrected chi connectivity index (χ2v) is 13.9. The number of benzene rings is 1. The van der Waals surface area contributed by atoms with Crippen LogP contribution in [-0.2, 0) is 27.3 Å². The van der Waals surface area contributed by atoms with Gasteiger partial charge in [-0.2, -0.15) is 0 Å². The monoisotopic (exact) mass is 568 g/mol. The molecule has 41 heavy (non-hydrogen) atoms. The van der Waals surface area contributed by atoms with E-state index in [1.54, 1.807) is 12.1 Å². The van der Waals surface area contributed by atoms with Gasteiger partial charge in [-0.3, -0.25) is 4.79 Å². The molecule has 6 N–H and O–H groups in total. The van der Waals surface area contributed by atoms with E-state index < -0.39 is 41.0 Å². The minimum atomic E-state index is -1.04. The van der Waals surface area contributed by atoms with E-state index in [0.717, 1.165) is 11.1 Å². The van der Waals surface area contributed by atoms with Crippen LogP contribution in [0.15, 0.2) is 24.8 Å². The molecule has 0 saturated heterocycles. The Balaban J connectivity index is 1.25. The summed E-state index contributed by atoms with van der Waals surface area (Å²) in [5.74, 6) is 0.0177. The van der Waals surface area contributed by atoms with Crippen LogP contribution >= 0.6 is 0 Å². The minimum absolute atomic E-state index is 0.0496. The maximum absolute atomic E-state index is 13.5. The Hall–Kier alpha value is -2.24. The van der Waals surface area contributed by atoms with Gasteiger partial charge in [0.15, 0.2) is 12.4 Å². The molecule has 2 bridgehead atoms. The lowest BCUT2D eigenvalue weighted by Gasteiger charge is -2.71.